The minimum Gasteiger partial charge on any atom is -0.461 e. The lowest BCUT2D eigenvalue weighted by Gasteiger charge is -2.28. The van der Waals surface area contributed by atoms with Crippen LogP contribution in [0, 0.1) is 11.3 Å². The number of alkyl carbamates (subject to hydrolysis) is 1. The smallest absolute Gasteiger partial charge is 0.407 e. The summed E-state index contributed by atoms with van der Waals surface area (Å²) in [5, 5.41) is 2.73. The Hall–Kier alpha value is -1.78. The van der Waals surface area contributed by atoms with Crippen LogP contribution in [-0.2, 0) is 14.3 Å². The number of hydrogen-bond acceptors (Lipinski definition) is 4. The van der Waals surface area contributed by atoms with Gasteiger partial charge >= 0.3 is 12.1 Å². The zero-order valence-electron chi connectivity index (χ0n) is 14.7. The SMILES string of the molecule is C=CCOC(=O)CCC(C)CC(C)(C)CCNC(=O)OCC=C. The van der Waals surface area contributed by atoms with Gasteiger partial charge in [0.2, 0.25) is 0 Å². The lowest BCUT2D eigenvalue weighted by atomic mass is 9.79. The van der Waals surface area contributed by atoms with Gasteiger partial charge in [-0.1, -0.05) is 46.1 Å². The number of amides is 1. The Morgan fingerprint density at radius 2 is 1.78 bits per heavy atom. The fourth-order valence-corrected chi connectivity index (χ4v) is 2.42. The molecule has 0 rings (SSSR count). The van der Waals surface area contributed by atoms with Crippen LogP contribution >= 0.6 is 0 Å². The number of hydrogen-bond donors (Lipinski definition) is 1. The molecule has 1 atom stereocenters. The maximum atomic E-state index is 11.5. The summed E-state index contributed by atoms with van der Waals surface area (Å²) in [6, 6.07) is 0. The molecule has 0 fully saturated rings. The second-order valence-electron chi connectivity index (χ2n) is 6.55. The molecule has 0 aliphatic heterocycles. The summed E-state index contributed by atoms with van der Waals surface area (Å²) >= 11 is 0. The Balaban J connectivity index is 3.95. The average molecular weight is 325 g/mol. The molecule has 1 amide bonds. The van der Waals surface area contributed by atoms with E-state index in [1.54, 1.807) is 6.08 Å². The van der Waals surface area contributed by atoms with Crippen molar-refractivity contribution in [2.45, 2.75) is 46.5 Å². The predicted molar refractivity (Wildman–Crippen MR) is 92.1 cm³/mol. The van der Waals surface area contributed by atoms with Gasteiger partial charge < -0.3 is 14.8 Å². The van der Waals surface area contributed by atoms with Gasteiger partial charge in [0.05, 0.1) is 0 Å². The normalized spacial score (nSPS) is 12.1. The highest BCUT2D eigenvalue weighted by Crippen LogP contribution is 2.30. The summed E-state index contributed by atoms with van der Waals surface area (Å²) in [5.41, 5.74) is 0.0795. The van der Waals surface area contributed by atoms with Crippen molar-refractivity contribution in [3.63, 3.8) is 0 Å². The topological polar surface area (TPSA) is 64.6 Å². The van der Waals surface area contributed by atoms with Crippen LogP contribution in [-0.4, -0.2) is 31.8 Å². The maximum absolute atomic E-state index is 11.5. The fourth-order valence-electron chi connectivity index (χ4n) is 2.42. The molecule has 0 saturated heterocycles. The molecule has 23 heavy (non-hydrogen) atoms. The largest absolute Gasteiger partial charge is 0.461 e. The van der Waals surface area contributed by atoms with E-state index < -0.39 is 6.09 Å². The highest BCUT2D eigenvalue weighted by atomic mass is 16.5. The molecule has 5 heteroatoms. The Morgan fingerprint density at radius 1 is 1.17 bits per heavy atom. The van der Waals surface area contributed by atoms with Crippen LogP contribution in [0.2, 0.25) is 0 Å². The zero-order valence-corrected chi connectivity index (χ0v) is 14.7. The van der Waals surface area contributed by atoms with E-state index >= 15 is 0 Å². The lowest BCUT2D eigenvalue weighted by molar-refractivity contribution is -0.142. The average Bonchev–Trinajstić information content (AvgIpc) is 2.48. The number of carbonyl (C=O) groups is 2. The molecule has 0 spiro atoms. The number of ether oxygens (including phenoxy) is 2. The Kier molecular flexibility index (Phi) is 10.8. The minimum absolute atomic E-state index is 0.0795. The molecule has 132 valence electrons. The number of carbonyl (C=O) groups excluding carboxylic acids is 2. The Labute approximate surface area is 140 Å². The zero-order chi connectivity index (χ0) is 17.7. The van der Waals surface area contributed by atoms with E-state index in [9.17, 15) is 9.59 Å². The van der Waals surface area contributed by atoms with Gasteiger partial charge in [-0.25, -0.2) is 4.79 Å². The third-order valence-electron chi connectivity index (χ3n) is 3.51. The fraction of sp³-hybridized carbons (Fsp3) is 0.667. The van der Waals surface area contributed by atoms with E-state index in [-0.39, 0.29) is 24.6 Å². The van der Waals surface area contributed by atoms with Gasteiger partial charge in [0.25, 0.3) is 0 Å². The van der Waals surface area contributed by atoms with Gasteiger partial charge in [0.15, 0.2) is 0 Å². The van der Waals surface area contributed by atoms with Gasteiger partial charge in [0.1, 0.15) is 13.2 Å². The number of esters is 1. The van der Waals surface area contributed by atoms with Crippen LogP contribution in [0.25, 0.3) is 0 Å². The van der Waals surface area contributed by atoms with Gasteiger partial charge in [-0.15, -0.1) is 0 Å². The Morgan fingerprint density at radius 3 is 2.39 bits per heavy atom. The third-order valence-corrected chi connectivity index (χ3v) is 3.51. The standard InChI is InChI=1S/C18H31NO4/c1-6-12-22-16(20)9-8-15(3)14-18(4,5)10-11-19-17(21)23-13-7-2/h6-7,15H,1-2,8-14H2,3-5H3,(H,19,21). The molecule has 0 aliphatic carbocycles. The van der Waals surface area contributed by atoms with E-state index in [0.717, 1.165) is 19.3 Å². The van der Waals surface area contributed by atoms with Crippen molar-refractivity contribution in [2.75, 3.05) is 19.8 Å². The summed E-state index contributed by atoms with van der Waals surface area (Å²) in [7, 11) is 0. The molecule has 0 radical (unpaired) electrons. The molecule has 0 saturated carbocycles. The van der Waals surface area contributed by atoms with Gasteiger partial charge in [-0.3, -0.25) is 4.79 Å². The molecule has 0 aromatic heterocycles. The molecule has 0 bridgehead atoms. The summed E-state index contributed by atoms with van der Waals surface area (Å²) < 4.78 is 9.83. The second-order valence-corrected chi connectivity index (χ2v) is 6.55. The first-order valence-corrected chi connectivity index (χ1v) is 8.08. The van der Waals surface area contributed by atoms with Crippen LogP contribution in [0.5, 0.6) is 0 Å². The molecule has 0 aromatic rings. The number of nitrogens with one attached hydrogen (secondary N) is 1. The monoisotopic (exact) mass is 325 g/mol. The van der Waals surface area contributed by atoms with E-state index in [2.05, 4.69) is 39.2 Å². The van der Waals surface area contributed by atoms with Crippen LogP contribution < -0.4 is 5.32 Å². The van der Waals surface area contributed by atoms with Crippen LogP contribution in [0.1, 0.15) is 46.5 Å². The highest BCUT2D eigenvalue weighted by Gasteiger charge is 2.21. The molecule has 1 N–H and O–H groups in total. The third kappa shape index (κ3) is 12.4. The molecule has 0 aliphatic rings. The van der Waals surface area contributed by atoms with Crippen molar-refractivity contribution >= 4 is 12.1 Å². The molecule has 0 aromatic carbocycles. The lowest BCUT2D eigenvalue weighted by Crippen LogP contribution is -2.29. The molecule has 0 heterocycles. The first kappa shape index (κ1) is 21.2. The van der Waals surface area contributed by atoms with Crippen molar-refractivity contribution in [1.82, 2.24) is 5.32 Å². The molecular weight excluding hydrogens is 294 g/mol. The maximum Gasteiger partial charge on any atom is 0.407 e. The van der Waals surface area contributed by atoms with Crippen molar-refractivity contribution in [1.29, 1.82) is 0 Å². The summed E-state index contributed by atoms with van der Waals surface area (Å²) in [6.07, 6.45) is 5.74. The highest BCUT2D eigenvalue weighted by molar-refractivity contribution is 5.69. The van der Waals surface area contributed by atoms with E-state index in [1.165, 1.54) is 6.08 Å². The van der Waals surface area contributed by atoms with Crippen molar-refractivity contribution < 1.29 is 19.1 Å². The minimum atomic E-state index is -0.418. The predicted octanol–water partition coefficient (Wildman–Crippen LogP) is 3.85. The van der Waals surface area contributed by atoms with Crippen molar-refractivity contribution in [3.8, 4) is 0 Å². The van der Waals surface area contributed by atoms with E-state index in [4.69, 9.17) is 9.47 Å². The number of rotatable bonds is 12. The van der Waals surface area contributed by atoms with E-state index in [0.29, 0.717) is 18.9 Å². The van der Waals surface area contributed by atoms with Crippen molar-refractivity contribution in [3.05, 3.63) is 25.3 Å². The molecule has 5 nitrogen and oxygen atoms in total. The van der Waals surface area contributed by atoms with Crippen molar-refractivity contribution in [2.24, 2.45) is 11.3 Å². The quantitative estimate of drug-likeness (QED) is 0.437. The van der Waals surface area contributed by atoms with Gasteiger partial charge in [-0.05, 0) is 30.6 Å². The first-order chi connectivity index (χ1) is 10.8. The Bertz CT molecular complexity index is 390. The van der Waals surface area contributed by atoms with Gasteiger partial charge in [0, 0.05) is 13.0 Å². The van der Waals surface area contributed by atoms with Crippen LogP contribution in [0.3, 0.4) is 0 Å². The van der Waals surface area contributed by atoms with Gasteiger partial charge in [-0.2, -0.15) is 0 Å². The second kappa shape index (κ2) is 11.7. The molecular formula is C18H31NO4. The summed E-state index contributed by atoms with van der Waals surface area (Å²) in [6.45, 7) is 14.5. The van der Waals surface area contributed by atoms with Crippen LogP contribution in [0.15, 0.2) is 25.3 Å². The van der Waals surface area contributed by atoms with Crippen LogP contribution in [0.4, 0.5) is 4.79 Å². The first-order valence-electron chi connectivity index (χ1n) is 8.08. The summed E-state index contributed by atoms with van der Waals surface area (Å²) in [5.74, 6) is 0.232. The molecule has 1 unspecified atom stereocenters. The van der Waals surface area contributed by atoms with E-state index in [1.807, 2.05) is 0 Å². The summed E-state index contributed by atoms with van der Waals surface area (Å²) in [4.78, 5) is 22.8.